The fourth-order valence-corrected chi connectivity index (χ4v) is 0.467. The van der Waals surface area contributed by atoms with Crippen LogP contribution in [0.2, 0.25) is 0 Å². The predicted octanol–water partition coefficient (Wildman–Crippen LogP) is 1.51. The van der Waals surface area contributed by atoms with E-state index in [-0.39, 0.29) is 6.42 Å². The number of carbonyl (C=O) groups is 1. The van der Waals surface area contributed by atoms with E-state index in [1.165, 1.54) is 6.08 Å². The molecule has 0 aliphatic carbocycles. The molecule has 1 N–H and O–H groups in total. The van der Waals surface area contributed by atoms with E-state index in [0.29, 0.717) is 6.42 Å². The number of rotatable bonds is 4. The topological polar surface area (TPSA) is 37.3 Å². The molecule has 2 radical (unpaired) electrons. The van der Waals surface area contributed by atoms with Crippen molar-refractivity contribution in [2.75, 3.05) is 0 Å². The fourth-order valence-electron chi connectivity index (χ4n) is 0.467. The first-order valence-electron chi connectivity index (χ1n) is 2.86. The van der Waals surface area contributed by atoms with Crippen LogP contribution in [0.15, 0.2) is 12.2 Å². The molecule has 0 saturated heterocycles. The van der Waals surface area contributed by atoms with Crippen LogP contribution in [-0.2, 0) is 4.79 Å². The van der Waals surface area contributed by atoms with Gasteiger partial charge in [-0.05, 0) is 19.8 Å². The highest BCUT2D eigenvalue weighted by atomic mass is 16.4. The molecule has 0 atom stereocenters. The summed E-state index contributed by atoms with van der Waals surface area (Å²) in [6.07, 6.45) is 4.83. The molecule has 0 heterocycles. The predicted molar refractivity (Wildman–Crippen MR) is 34.9 cm³/mol. The maximum atomic E-state index is 9.91. The van der Waals surface area contributed by atoms with Gasteiger partial charge in [-0.15, -0.1) is 0 Å². The largest absolute Gasteiger partial charge is 0.481 e. The normalized spacial score (nSPS) is 10.3. The molecule has 0 saturated carbocycles. The van der Waals surface area contributed by atoms with E-state index in [9.17, 15) is 4.79 Å². The SMILES string of the molecule is [CH]C=CCCCC(=O)O. The van der Waals surface area contributed by atoms with Gasteiger partial charge in [0.15, 0.2) is 0 Å². The Labute approximate surface area is 55.2 Å². The molecular weight excluding hydrogens is 116 g/mol. The lowest BCUT2D eigenvalue weighted by atomic mass is 10.2. The van der Waals surface area contributed by atoms with Gasteiger partial charge in [-0.1, -0.05) is 12.2 Å². The van der Waals surface area contributed by atoms with Gasteiger partial charge in [-0.3, -0.25) is 4.79 Å². The molecule has 0 aromatic carbocycles. The lowest BCUT2D eigenvalue weighted by molar-refractivity contribution is -0.137. The fraction of sp³-hybridized carbons (Fsp3) is 0.429. The number of allylic oxidation sites excluding steroid dienone is 2. The first-order valence-corrected chi connectivity index (χ1v) is 2.86. The van der Waals surface area contributed by atoms with Crippen molar-refractivity contribution < 1.29 is 9.90 Å². The van der Waals surface area contributed by atoms with E-state index in [1.807, 2.05) is 0 Å². The van der Waals surface area contributed by atoms with Crippen LogP contribution < -0.4 is 0 Å². The van der Waals surface area contributed by atoms with Crippen molar-refractivity contribution >= 4 is 5.97 Å². The van der Waals surface area contributed by atoms with E-state index >= 15 is 0 Å². The Balaban J connectivity index is 3.01. The third kappa shape index (κ3) is 7.21. The van der Waals surface area contributed by atoms with E-state index in [0.717, 1.165) is 6.42 Å². The van der Waals surface area contributed by atoms with Gasteiger partial charge in [-0.25, -0.2) is 0 Å². The number of hydrogen-bond acceptors (Lipinski definition) is 1. The average molecular weight is 126 g/mol. The van der Waals surface area contributed by atoms with Crippen LogP contribution in [0.3, 0.4) is 0 Å². The zero-order chi connectivity index (χ0) is 7.11. The van der Waals surface area contributed by atoms with Crippen LogP contribution in [0.25, 0.3) is 0 Å². The Morgan fingerprint density at radius 1 is 1.67 bits per heavy atom. The van der Waals surface area contributed by atoms with Gasteiger partial charge < -0.3 is 5.11 Å². The number of unbranched alkanes of at least 4 members (excludes halogenated alkanes) is 1. The summed E-state index contributed by atoms with van der Waals surface area (Å²) in [6, 6.07) is 0. The summed E-state index contributed by atoms with van der Waals surface area (Å²) in [6.45, 7) is 5.02. The van der Waals surface area contributed by atoms with Gasteiger partial charge in [0, 0.05) is 6.42 Å². The molecular formula is C7H10O2. The lowest BCUT2D eigenvalue weighted by Crippen LogP contribution is -1.92. The van der Waals surface area contributed by atoms with Crippen molar-refractivity contribution in [2.24, 2.45) is 0 Å². The minimum atomic E-state index is -0.750. The van der Waals surface area contributed by atoms with Crippen molar-refractivity contribution in [2.45, 2.75) is 19.3 Å². The maximum Gasteiger partial charge on any atom is 0.303 e. The number of hydrogen-bond donors (Lipinski definition) is 1. The molecule has 2 heteroatoms. The van der Waals surface area contributed by atoms with E-state index < -0.39 is 5.97 Å². The molecule has 0 aromatic heterocycles. The zero-order valence-corrected chi connectivity index (χ0v) is 5.21. The van der Waals surface area contributed by atoms with Crippen molar-refractivity contribution in [1.82, 2.24) is 0 Å². The van der Waals surface area contributed by atoms with E-state index in [4.69, 9.17) is 12.0 Å². The van der Waals surface area contributed by atoms with Gasteiger partial charge in [0.1, 0.15) is 0 Å². The number of carboxylic acid groups (broad SMARTS) is 1. The minimum Gasteiger partial charge on any atom is -0.481 e. The Morgan fingerprint density at radius 3 is 2.78 bits per heavy atom. The standard InChI is InChI=1S/C7H10O2/c1-2-3-4-5-6-7(8)9/h1-3H,4-6H2,(H,8,9). The monoisotopic (exact) mass is 126 g/mol. The van der Waals surface area contributed by atoms with Gasteiger partial charge in [0.25, 0.3) is 0 Å². The maximum absolute atomic E-state index is 9.91. The molecule has 0 aliphatic heterocycles. The number of carboxylic acids is 1. The molecule has 9 heavy (non-hydrogen) atoms. The third-order valence-electron chi connectivity index (χ3n) is 0.898. The van der Waals surface area contributed by atoms with Crippen LogP contribution in [0.1, 0.15) is 19.3 Å². The zero-order valence-electron chi connectivity index (χ0n) is 5.21. The van der Waals surface area contributed by atoms with E-state index in [2.05, 4.69) is 0 Å². The van der Waals surface area contributed by atoms with Crippen molar-refractivity contribution in [3.63, 3.8) is 0 Å². The molecule has 0 fully saturated rings. The molecule has 50 valence electrons. The van der Waals surface area contributed by atoms with Crippen molar-refractivity contribution in [3.05, 3.63) is 19.1 Å². The summed E-state index contributed by atoms with van der Waals surface area (Å²) in [5.74, 6) is -0.750. The Morgan fingerprint density at radius 2 is 2.33 bits per heavy atom. The highest BCUT2D eigenvalue weighted by molar-refractivity contribution is 5.66. The first kappa shape index (κ1) is 8.21. The summed E-state index contributed by atoms with van der Waals surface area (Å²) in [5.41, 5.74) is 0. The Hall–Kier alpha value is -0.790. The van der Waals surface area contributed by atoms with Gasteiger partial charge >= 0.3 is 5.97 Å². The molecule has 0 aliphatic rings. The molecule has 0 aromatic rings. The summed E-state index contributed by atoms with van der Waals surface area (Å²) in [7, 11) is 0. The number of aliphatic carboxylic acids is 1. The molecule has 0 rings (SSSR count). The first-order chi connectivity index (χ1) is 4.27. The van der Waals surface area contributed by atoms with E-state index in [1.54, 1.807) is 6.08 Å². The van der Waals surface area contributed by atoms with Crippen LogP contribution in [0.5, 0.6) is 0 Å². The van der Waals surface area contributed by atoms with Crippen LogP contribution in [0.4, 0.5) is 0 Å². The molecule has 0 amide bonds. The minimum absolute atomic E-state index is 0.227. The van der Waals surface area contributed by atoms with Crippen molar-refractivity contribution in [1.29, 1.82) is 0 Å². The highest BCUT2D eigenvalue weighted by Gasteiger charge is 1.92. The second-order valence-electron chi connectivity index (χ2n) is 1.71. The molecule has 0 spiro atoms. The Kier molecular flexibility index (Phi) is 4.88. The third-order valence-corrected chi connectivity index (χ3v) is 0.898. The van der Waals surface area contributed by atoms with Crippen LogP contribution >= 0.6 is 0 Å². The molecule has 2 nitrogen and oxygen atoms in total. The second-order valence-corrected chi connectivity index (χ2v) is 1.71. The average Bonchev–Trinajstić information content (AvgIpc) is 1.80. The smallest absolute Gasteiger partial charge is 0.303 e. The van der Waals surface area contributed by atoms with Crippen LogP contribution in [0, 0.1) is 6.92 Å². The summed E-state index contributed by atoms with van der Waals surface area (Å²) < 4.78 is 0. The summed E-state index contributed by atoms with van der Waals surface area (Å²) >= 11 is 0. The highest BCUT2D eigenvalue weighted by Crippen LogP contribution is 1.95. The van der Waals surface area contributed by atoms with Gasteiger partial charge in [0.05, 0.1) is 0 Å². The van der Waals surface area contributed by atoms with Crippen molar-refractivity contribution in [3.8, 4) is 0 Å². The van der Waals surface area contributed by atoms with Gasteiger partial charge in [-0.2, -0.15) is 0 Å². The van der Waals surface area contributed by atoms with Gasteiger partial charge in [0.2, 0.25) is 0 Å². The lowest BCUT2D eigenvalue weighted by Gasteiger charge is -1.88. The van der Waals surface area contributed by atoms with Crippen LogP contribution in [-0.4, -0.2) is 11.1 Å². The Bertz CT molecular complexity index is 105. The summed E-state index contributed by atoms with van der Waals surface area (Å²) in [4.78, 5) is 9.91. The molecule has 0 bridgehead atoms. The second kappa shape index (κ2) is 5.35. The molecule has 0 unspecified atom stereocenters. The quantitative estimate of drug-likeness (QED) is 0.580. The summed E-state index contributed by atoms with van der Waals surface area (Å²) in [5, 5.41) is 8.16.